The van der Waals surface area contributed by atoms with Gasteiger partial charge in [-0.3, -0.25) is 0 Å². The first-order valence-electron chi connectivity index (χ1n) is 2.94. The van der Waals surface area contributed by atoms with Gasteiger partial charge in [-0.2, -0.15) is 0 Å². The number of halogens is 2. The van der Waals surface area contributed by atoms with Crippen LogP contribution in [-0.2, 0) is 0 Å². The molecule has 1 aliphatic carbocycles. The number of allylic oxidation sites excluding steroid dienone is 1. The molecular formula is C7H10BrF. The van der Waals surface area contributed by atoms with Gasteiger partial charge in [0, 0.05) is 11.8 Å². The zero-order chi connectivity index (χ0) is 7.28. The lowest BCUT2D eigenvalue weighted by atomic mass is 10.0. The fourth-order valence-electron chi connectivity index (χ4n) is 0.863. The molecule has 2 atom stereocenters. The Morgan fingerprint density at radius 1 is 1.78 bits per heavy atom. The van der Waals surface area contributed by atoms with Gasteiger partial charge in [0.15, 0.2) is 4.58 Å². The van der Waals surface area contributed by atoms with E-state index in [0.29, 0.717) is 6.42 Å². The highest BCUT2D eigenvalue weighted by molar-refractivity contribution is 9.10. The van der Waals surface area contributed by atoms with E-state index in [1.54, 1.807) is 0 Å². The van der Waals surface area contributed by atoms with E-state index in [0.717, 1.165) is 5.57 Å². The molecule has 0 heterocycles. The van der Waals surface area contributed by atoms with Crippen molar-refractivity contribution in [1.29, 1.82) is 0 Å². The molecule has 0 aromatic rings. The average molecular weight is 193 g/mol. The first-order valence-corrected chi connectivity index (χ1v) is 3.73. The molecule has 1 aliphatic rings. The quantitative estimate of drug-likeness (QED) is 0.443. The highest BCUT2D eigenvalue weighted by atomic mass is 79.9. The maximum absolute atomic E-state index is 13.0. The van der Waals surface area contributed by atoms with Crippen LogP contribution in [0.15, 0.2) is 12.2 Å². The minimum atomic E-state index is -1.16. The Hall–Kier alpha value is 0.150. The van der Waals surface area contributed by atoms with Crippen LogP contribution < -0.4 is 0 Å². The van der Waals surface area contributed by atoms with E-state index in [1.165, 1.54) is 0 Å². The summed E-state index contributed by atoms with van der Waals surface area (Å²) in [5, 5.41) is 0. The van der Waals surface area contributed by atoms with Gasteiger partial charge in [0.1, 0.15) is 0 Å². The maximum atomic E-state index is 13.0. The first-order chi connectivity index (χ1) is 3.90. The third kappa shape index (κ3) is 0.841. The molecule has 0 nitrogen and oxygen atoms in total. The number of rotatable bonds is 1. The molecule has 0 amide bonds. The Balaban J connectivity index is 2.74. The lowest BCUT2D eigenvalue weighted by molar-refractivity contribution is 0.380. The second kappa shape index (κ2) is 1.60. The zero-order valence-electron chi connectivity index (χ0n) is 5.67. The van der Waals surface area contributed by atoms with Crippen LogP contribution in [0.5, 0.6) is 0 Å². The minimum Gasteiger partial charge on any atom is -0.230 e. The minimum absolute atomic E-state index is 0.299. The van der Waals surface area contributed by atoms with Crippen LogP contribution in [-0.4, -0.2) is 4.58 Å². The normalized spacial score (nSPS) is 48.9. The summed E-state index contributed by atoms with van der Waals surface area (Å²) in [6.45, 7) is 7.46. The van der Waals surface area contributed by atoms with E-state index in [4.69, 9.17) is 0 Å². The van der Waals surface area contributed by atoms with Crippen LogP contribution in [0.4, 0.5) is 4.39 Å². The van der Waals surface area contributed by atoms with Crippen molar-refractivity contribution in [3.8, 4) is 0 Å². The van der Waals surface area contributed by atoms with Crippen LogP contribution in [0.2, 0.25) is 0 Å². The third-order valence-electron chi connectivity index (χ3n) is 2.20. The molecule has 1 rings (SSSR count). The van der Waals surface area contributed by atoms with Crippen molar-refractivity contribution in [1.82, 2.24) is 0 Å². The van der Waals surface area contributed by atoms with Crippen molar-refractivity contribution in [2.24, 2.45) is 5.41 Å². The van der Waals surface area contributed by atoms with Crippen LogP contribution in [0, 0.1) is 5.41 Å². The monoisotopic (exact) mass is 192 g/mol. The van der Waals surface area contributed by atoms with Crippen molar-refractivity contribution >= 4 is 15.9 Å². The fraction of sp³-hybridized carbons (Fsp3) is 0.714. The lowest BCUT2D eigenvalue weighted by Gasteiger charge is -2.08. The van der Waals surface area contributed by atoms with E-state index in [2.05, 4.69) is 22.5 Å². The maximum Gasteiger partial charge on any atom is 0.175 e. The smallest absolute Gasteiger partial charge is 0.175 e. The molecule has 2 heteroatoms. The Kier molecular flexibility index (Phi) is 1.29. The SMILES string of the molecule is C=C(C)C1(C)CC1(F)Br. The van der Waals surface area contributed by atoms with Crippen molar-refractivity contribution < 1.29 is 4.39 Å². The molecular weight excluding hydrogens is 183 g/mol. The van der Waals surface area contributed by atoms with Gasteiger partial charge in [-0.1, -0.05) is 19.1 Å². The molecule has 2 unspecified atom stereocenters. The molecule has 52 valence electrons. The zero-order valence-corrected chi connectivity index (χ0v) is 7.26. The molecule has 0 aromatic carbocycles. The molecule has 0 bridgehead atoms. The fourth-order valence-corrected chi connectivity index (χ4v) is 1.76. The van der Waals surface area contributed by atoms with Crippen molar-refractivity contribution in [2.75, 3.05) is 0 Å². The van der Waals surface area contributed by atoms with Crippen LogP contribution in [0.25, 0.3) is 0 Å². The molecule has 0 N–H and O–H groups in total. The summed E-state index contributed by atoms with van der Waals surface area (Å²) in [5.74, 6) is 0. The second-order valence-corrected chi connectivity index (χ2v) is 4.25. The van der Waals surface area contributed by atoms with E-state index >= 15 is 0 Å². The highest BCUT2D eigenvalue weighted by Crippen LogP contribution is 2.66. The summed E-state index contributed by atoms with van der Waals surface area (Å²) in [5.41, 5.74) is 0.620. The van der Waals surface area contributed by atoms with E-state index < -0.39 is 4.58 Å². The number of alkyl halides is 2. The molecule has 1 fully saturated rings. The molecule has 0 aliphatic heterocycles. The van der Waals surface area contributed by atoms with Crippen molar-refractivity contribution in [3.63, 3.8) is 0 Å². The molecule has 0 saturated heterocycles. The van der Waals surface area contributed by atoms with Crippen LogP contribution in [0.3, 0.4) is 0 Å². The van der Waals surface area contributed by atoms with Gasteiger partial charge >= 0.3 is 0 Å². The topological polar surface area (TPSA) is 0 Å². The standard InChI is InChI=1S/C7H10BrF/c1-5(2)6(3)4-7(6,8)9/h1,4H2,2-3H3. The number of hydrogen-bond donors (Lipinski definition) is 0. The Labute approximate surface area is 63.3 Å². The summed E-state index contributed by atoms with van der Waals surface area (Å²) in [6.07, 6.45) is 0.565. The average Bonchev–Trinajstić information content (AvgIpc) is 2.08. The first kappa shape index (κ1) is 7.26. The summed E-state index contributed by atoms with van der Waals surface area (Å²) in [6, 6.07) is 0. The van der Waals surface area contributed by atoms with E-state index in [9.17, 15) is 4.39 Å². The number of hydrogen-bond acceptors (Lipinski definition) is 0. The molecule has 0 aromatic heterocycles. The predicted octanol–water partition coefficient (Wildman–Crippen LogP) is 3.03. The largest absolute Gasteiger partial charge is 0.230 e. The van der Waals surface area contributed by atoms with E-state index in [-0.39, 0.29) is 5.41 Å². The molecule has 0 radical (unpaired) electrons. The third-order valence-corrected chi connectivity index (χ3v) is 3.36. The van der Waals surface area contributed by atoms with E-state index in [1.807, 2.05) is 13.8 Å². The molecule has 0 spiro atoms. The van der Waals surface area contributed by atoms with Gasteiger partial charge in [-0.25, -0.2) is 4.39 Å². The van der Waals surface area contributed by atoms with Gasteiger partial charge in [-0.05, 0) is 22.9 Å². The molecule has 1 saturated carbocycles. The van der Waals surface area contributed by atoms with Gasteiger partial charge in [0.2, 0.25) is 0 Å². The second-order valence-electron chi connectivity index (χ2n) is 2.99. The van der Waals surface area contributed by atoms with Gasteiger partial charge in [0.05, 0.1) is 0 Å². The van der Waals surface area contributed by atoms with Crippen LogP contribution in [0.1, 0.15) is 20.3 Å². The van der Waals surface area contributed by atoms with Gasteiger partial charge in [0.25, 0.3) is 0 Å². The predicted molar refractivity (Wildman–Crippen MR) is 40.3 cm³/mol. The summed E-state index contributed by atoms with van der Waals surface area (Å²) < 4.78 is 11.8. The molecule has 9 heavy (non-hydrogen) atoms. The lowest BCUT2D eigenvalue weighted by Crippen LogP contribution is -2.04. The summed E-state index contributed by atoms with van der Waals surface area (Å²) in [4.78, 5) is 0. The Morgan fingerprint density at radius 3 is 2.11 bits per heavy atom. The Morgan fingerprint density at radius 2 is 2.11 bits per heavy atom. The summed E-state index contributed by atoms with van der Waals surface area (Å²) >= 11 is 2.98. The van der Waals surface area contributed by atoms with Gasteiger partial charge in [-0.15, -0.1) is 0 Å². The Bertz CT molecular complexity index is 162. The van der Waals surface area contributed by atoms with Gasteiger partial charge < -0.3 is 0 Å². The van der Waals surface area contributed by atoms with Crippen LogP contribution >= 0.6 is 15.9 Å². The van der Waals surface area contributed by atoms with Crippen molar-refractivity contribution in [2.45, 2.75) is 24.8 Å². The summed E-state index contributed by atoms with van der Waals surface area (Å²) in [7, 11) is 0. The highest BCUT2D eigenvalue weighted by Gasteiger charge is 2.64. The van der Waals surface area contributed by atoms with Crippen molar-refractivity contribution in [3.05, 3.63) is 12.2 Å².